The Hall–Kier alpha value is -3.95. The zero-order valence-electron chi connectivity index (χ0n) is 16.5. The van der Waals surface area contributed by atoms with E-state index in [4.69, 9.17) is 9.26 Å². The van der Waals surface area contributed by atoms with Gasteiger partial charge in [-0.3, -0.25) is 4.98 Å². The fourth-order valence-electron chi connectivity index (χ4n) is 3.50. The number of hydrogen-bond acceptors (Lipinski definition) is 5. The number of benzene rings is 1. The number of hydrogen-bond donors (Lipinski definition) is 0. The van der Waals surface area contributed by atoms with Gasteiger partial charge in [0.25, 0.3) is 0 Å². The summed E-state index contributed by atoms with van der Waals surface area (Å²) < 4.78 is 64.7. The minimum Gasteiger partial charge on any atom is -0.495 e. The van der Waals surface area contributed by atoms with E-state index in [0.29, 0.717) is 17.9 Å². The minimum absolute atomic E-state index is 0.0587. The van der Waals surface area contributed by atoms with Gasteiger partial charge in [0.1, 0.15) is 5.75 Å². The number of aromatic nitrogens is 4. The SMILES string of the molecule is COc1cnc2ccc(Cc3cnc4c(F)cc(-c5cc(C(F)(F)F)no5)cn34)cc2c1. The first-order chi connectivity index (χ1) is 15.3. The summed E-state index contributed by atoms with van der Waals surface area (Å²) in [5.41, 5.74) is 1.35. The minimum atomic E-state index is -4.65. The van der Waals surface area contributed by atoms with E-state index >= 15 is 0 Å². The molecule has 0 spiro atoms. The molecule has 0 N–H and O–H groups in total. The van der Waals surface area contributed by atoms with Gasteiger partial charge in [0.2, 0.25) is 0 Å². The monoisotopic (exact) mass is 442 g/mol. The highest BCUT2D eigenvalue weighted by Gasteiger charge is 2.35. The number of fused-ring (bicyclic) bond motifs is 2. The summed E-state index contributed by atoms with van der Waals surface area (Å²) in [6, 6.07) is 9.37. The van der Waals surface area contributed by atoms with Gasteiger partial charge in [-0.15, -0.1) is 0 Å². The maximum Gasteiger partial charge on any atom is 0.436 e. The Labute approximate surface area is 178 Å². The molecule has 0 saturated carbocycles. The number of halogens is 4. The molecule has 0 saturated heterocycles. The Kier molecular flexibility index (Phi) is 4.58. The van der Waals surface area contributed by atoms with Crippen LogP contribution in [0.15, 0.2) is 59.5 Å². The topological polar surface area (TPSA) is 65.5 Å². The molecule has 4 heterocycles. The Morgan fingerprint density at radius 2 is 1.91 bits per heavy atom. The third kappa shape index (κ3) is 3.53. The van der Waals surface area contributed by atoms with Gasteiger partial charge < -0.3 is 13.7 Å². The molecule has 162 valence electrons. The summed E-state index contributed by atoms with van der Waals surface area (Å²) in [6.07, 6.45) is 0.384. The Morgan fingerprint density at radius 3 is 2.66 bits per heavy atom. The molecule has 0 aliphatic carbocycles. The van der Waals surface area contributed by atoms with Crippen molar-refractivity contribution in [1.82, 2.24) is 19.5 Å². The summed E-state index contributed by atoms with van der Waals surface area (Å²) in [6.45, 7) is 0. The molecule has 0 atom stereocenters. The van der Waals surface area contributed by atoms with Crippen molar-refractivity contribution in [2.24, 2.45) is 0 Å². The zero-order chi connectivity index (χ0) is 22.5. The lowest BCUT2D eigenvalue weighted by atomic mass is 10.1. The van der Waals surface area contributed by atoms with E-state index in [-0.39, 0.29) is 17.0 Å². The first-order valence-electron chi connectivity index (χ1n) is 9.44. The predicted octanol–water partition coefficient (Wildman–Crippen LogP) is 5.29. The first-order valence-corrected chi connectivity index (χ1v) is 9.44. The second kappa shape index (κ2) is 7.33. The maximum absolute atomic E-state index is 14.6. The van der Waals surface area contributed by atoms with Gasteiger partial charge in [0, 0.05) is 41.5 Å². The van der Waals surface area contributed by atoms with Crippen LogP contribution in [-0.4, -0.2) is 26.6 Å². The molecule has 0 fully saturated rings. The summed E-state index contributed by atoms with van der Waals surface area (Å²) in [5, 5.41) is 3.91. The number of rotatable bonds is 4. The Balaban J connectivity index is 1.54. The molecule has 0 unspecified atom stereocenters. The Bertz CT molecular complexity index is 1460. The van der Waals surface area contributed by atoms with Gasteiger partial charge in [-0.25, -0.2) is 9.37 Å². The maximum atomic E-state index is 14.6. The third-order valence-corrected chi connectivity index (χ3v) is 5.06. The standard InChI is InChI=1S/C22H14F4N4O2/c1-31-16-6-13-4-12(2-3-18(13)27-10-16)5-15-9-28-21-17(23)7-14(11-30(15)21)19-8-20(29-32-19)22(24,25)26/h2-4,6-11H,5H2,1H3. The number of ether oxygens (including phenoxy) is 1. The molecule has 0 bridgehead atoms. The van der Waals surface area contributed by atoms with Crippen LogP contribution in [0.2, 0.25) is 0 Å². The van der Waals surface area contributed by atoms with E-state index in [9.17, 15) is 17.6 Å². The van der Waals surface area contributed by atoms with Gasteiger partial charge in [-0.05, 0) is 29.8 Å². The van der Waals surface area contributed by atoms with Crippen LogP contribution in [0.5, 0.6) is 5.75 Å². The van der Waals surface area contributed by atoms with Crippen molar-refractivity contribution in [1.29, 1.82) is 0 Å². The lowest BCUT2D eigenvalue weighted by Crippen LogP contribution is -2.04. The smallest absolute Gasteiger partial charge is 0.436 e. The summed E-state index contributed by atoms with van der Waals surface area (Å²) in [4.78, 5) is 8.44. The Morgan fingerprint density at radius 1 is 1.06 bits per heavy atom. The summed E-state index contributed by atoms with van der Waals surface area (Å²) in [7, 11) is 1.56. The zero-order valence-corrected chi connectivity index (χ0v) is 16.5. The van der Waals surface area contributed by atoms with Gasteiger partial charge in [-0.1, -0.05) is 11.2 Å². The number of methoxy groups -OCH3 is 1. The molecule has 32 heavy (non-hydrogen) atoms. The van der Waals surface area contributed by atoms with Gasteiger partial charge in [-0.2, -0.15) is 13.2 Å². The second-order valence-corrected chi connectivity index (χ2v) is 7.17. The molecule has 6 nitrogen and oxygen atoms in total. The van der Waals surface area contributed by atoms with E-state index < -0.39 is 17.7 Å². The highest BCUT2D eigenvalue weighted by molar-refractivity contribution is 5.80. The number of nitrogens with zero attached hydrogens (tertiary/aromatic N) is 4. The average Bonchev–Trinajstić information content (AvgIpc) is 3.41. The van der Waals surface area contributed by atoms with Crippen molar-refractivity contribution in [3.63, 3.8) is 0 Å². The lowest BCUT2D eigenvalue weighted by molar-refractivity contribution is -0.142. The van der Waals surface area contributed by atoms with Crippen molar-refractivity contribution in [3.8, 4) is 17.1 Å². The van der Waals surface area contributed by atoms with Crippen LogP contribution < -0.4 is 4.74 Å². The molecular weight excluding hydrogens is 428 g/mol. The van der Waals surface area contributed by atoms with Crippen LogP contribution in [0.25, 0.3) is 27.9 Å². The average molecular weight is 442 g/mol. The van der Waals surface area contributed by atoms with Crippen LogP contribution in [0.1, 0.15) is 17.0 Å². The van der Waals surface area contributed by atoms with Crippen LogP contribution >= 0.6 is 0 Å². The van der Waals surface area contributed by atoms with Gasteiger partial charge >= 0.3 is 6.18 Å². The van der Waals surface area contributed by atoms with Crippen molar-refractivity contribution in [3.05, 3.63) is 77.8 Å². The van der Waals surface area contributed by atoms with Crippen molar-refractivity contribution < 1.29 is 26.8 Å². The molecule has 5 aromatic rings. The molecule has 0 aliphatic heterocycles. The second-order valence-electron chi connectivity index (χ2n) is 7.17. The predicted molar refractivity (Wildman–Crippen MR) is 107 cm³/mol. The van der Waals surface area contributed by atoms with E-state index in [2.05, 4.69) is 15.1 Å². The number of pyridine rings is 2. The van der Waals surface area contributed by atoms with Crippen LogP contribution in [0.4, 0.5) is 17.6 Å². The normalized spacial score (nSPS) is 12.0. The van der Waals surface area contributed by atoms with Crippen LogP contribution in [0.3, 0.4) is 0 Å². The molecule has 4 aromatic heterocycles. The summed E-state index contributed by atoms with van der Waals surface area (Å²) in [5.74, 6) is -0.255. The van der Waals surface area contributed by atoms with Gasteiger partial charge in [0.05, 0.1) is 18.8 Å². The van der Waals surface area contributed by atoms with Crippen LogP contribution in [0, 0.1) is 5.82 Å². The molecular formula is C22H14F4N4O2. The van der Waals surface area contributed by atoms with E-state index in [1.54, 1.807) is 13.3 Å². The summed E-state index contributed by atoms with van der Waals surface area (Å²) >= 11 is 0. The van der Waals surface area contributed by atoms with E-state index in [1.165, 1.54) is 16.8 Å². The highest BCUT2D eigenvalue weighted by atomic mass is 19.4. The molecule has 0 radical (unpaired) electrons. The van der Waals surface area contributed by atoms with Crippen molar-refractivity contribution >= 4 is 16.6 Å². The largest absolute Gasteiger partial charge is 0.495 e. The van der Waals surface area contributed by atoms with Crippen LogP contribution in [-0.2, 0) is 12.6 Å². The quantitative estimate of drug-likeness (QED) is 0.354. The van der Waals surface area contributed by atoms with Crippen molar-refractivity contribution in [2.45, 2.75) is 12.6 Å². The molecule has 0 aliphatic rings. The number of imidazole rings is 1. The van der Waals surface area contributed by atoms with Gasteiger partial charge in [0.15, 0.2) is 22.9 Å². The van der Waals surface area contributed by atoms with Crippen molar-refractivity contribution in [2.75, 3.05) is 7.11 Å². The molecule has 1 aromatic carbocycles. The highest BCUT2D eigenvalue weighted by Crippen LogP contribution is 2.32. The fourth-order valence-corrected chi connectivity index (χ4v) is 3.50. The molecule has 10 heteroatoms. The molecule has 0 amide bonds. The first kappa shape index (κ1) is 20.0. The number of alkyl halides is 3. The third-order valence-electron chi connectivity index (χ3n) is 5.06. The lowest BCUT2D eigenvalue weighted by Gasteiger charge is -2.07. The van der Waals surface area contributed by atoms with E-state index in [1.807, 2.05) is 24.3 Å². The molecule has 5 rings (SSSR count). The fraction of sp³-hybridized carbons (Fsp3) is 0.136. The van der Waals surface area contributed by atoms with E-state index in [0.717, 1.165) is 28.6 Å².